The van der Waals surface area contributed by atoms with Crippen LogP contribution in [-0.4, -0.2) is 55.9 Å². The van der Waals surface area contributed by atoms with Crippen LogP contribution in [0.2, 0.25) is 0 Å². The fourth-order valence-electron chi connectivity index (χ4n) is 4.09. The number of hydrogen-bond donors (Lipinski definition) is 1. The van der Waals surface area contributed by atoms with E-state index in [4.69, 9.17) is 9.92 Å². The van der Waals surface area contributed by atoms with Crippen molar-refractivity contribution in [3.8, 4) is 5.75 Å². The fourth-order valence-corrected chi connectivity index (χ4v) is 5.45. The minimum Gasteiger partial charge on any atom is -0.382 e. The van der Waals surface area contributed by atoms with Crippen molar-refractivity contribution in [2.45, 2.75) is 51.3 Å². The van der Waals surface area contributed by atoms with Crippen LogP contribution in [0.4, 0.5) is 36.4 Å². The Bertz CT molecular complexity index is 1410. The summed E-state index contributed by atoms with van der Waals surface area (Å²) >= 11 is 1.24. The summed E-state index contributed by atoms with van der Waals surface area (Å²) < 4.78 is 124. The number of hydrogen-bond acceptors (Lipinski definition) is 6. The van der Waals surface area contributed by atoms with Crippen LogP contribution < -0.4 is 14.8 Å². The molecule has 7 nitrogen and oxygen atoms in total. The number of nitrogens with zero attached hydrogens (tertiary/aromatic N) is 1. The van der Waals surface area contributed by atoms with Crippen LogP contribution in [0.5, 0.6) is 5.75 Å². The minimum atomic E-state index is -6.34. The minimum absolute atomic E-state index is 0.171. The molecule has 0 atom stereocenters. The maximum Gasteiger partial charge on any atom is 0.435 e. The summed E-state index contributed by atoms with van der Waals surface area (Å²) in [7, 11) is -4.19. The molecule has 41 heavy (non-hydrogen) atoms. The Kier molecular flexibility index (Phi) is 9.76. The van der Waals surface area contributed by atoms with E-state index in [9.17, 15) is 48.7 Å². The number of thioether (sulfide) groups is 1. The second-order valence-electron chi connectivity index (χ2n) is 9.51. The molecule has 0 fully saturated rings. The van der Waals surface area contributed by atoms with E-state index in [2.05, 4.69) is 0 Å². The molecular weight excluding hydrogens is 605 g/mol. The summed E-state index contributed by atoms with van der Waals surface area (Å²) in [4.78, 5) is 27.4. The fraction of sp³-hybridized carbons (Fsp3) is 0.440. The van der Waals surface area contributed by atoms with Gasteiger partial charge >= 0.3 is 28.1 Å². The summed E-state index contributed by atoms with van der Waals surface area (Å²) in [6.07, 6.45) is -11.0. The Labute approximate surface area is 236 Å². The molecule has 0 radical (unpaired) electrons. The predicted octanol–water partition coefficient (Wildman–Crippen LogP) is 5.90. The highest BCUT2D eigenvalue weighted by Gasteiger charge is 2.73. The van der Waals surface area contributed by atoms with E-state index in [-0.39, 0.29) is 23.1 Å². The summed E-state index contributed by atoms with van der Waals surface area (Å²) in [5, 5.41) is 0. The first-order chi connectivity index (χ1) is 18.6. The third kappa shape index (κ3) is 6.74. The molecule has 16 heteroatoms. The monoisotopic (exact) mass is 632 g/mol. The Morgan fingerprint density at radius 1 is 1.00 bits per heavy atom. The van der Waals surface area contributed by atoms with E-state index >= 15 is 0 Å². The summed E-state index contributed by atoms with van der Waals surface area (Å²) in [6, 6.07) is 4.76. The van der Waals surface area contributed by atoms with Crippen molar-refractivity contribution in [3.05, 3.63) is 58.7 Å². The molecular formula is C25H27F7N2O5S2. The molecule has 0 spiro atoms. The number of benzene rings is 2. The summed E-state index contributed by atoms with van der Waals surface area (Å²) in [5.74, 6) is -3.14. The lowest BCUT2D eigenvalue weighted by atomic mass is 9.91. The lowest BCUT2D eigenvalue weighted by Gasteiger charge is -2.40. The van der Waals surface area contributed by atoms with Gasteiger partial charge in [0, 0.05) is 17.0 Å². The van der Waals surface area contributed by atoms with Crippen LogP contribution in [0.3, 0.4) is 0 Å². The molecule has 2 amide bonds. The predicted molar refractivity (Wildman–Crippen MR) is 140 cm³/mol. The zero-order valence-electron chi connectivity index (χ0n) is 22.4. The van der Waals surface area contributed by atoms with Gasteiger partial charge in [0.2, 0.25) is 0 Å². The number of carbonyl (C=O) groups is 2. The van der Waals surface area contributed by atoms with E-state index in [1.807, 2.05) is 0 Å². The Morgan fingerprint density at radius 2 is 1.56 bits per heavy atom. The first-order valence-corrected chi connectivity index (χ1v) is 14.6. The number of aryl methyl sites for hydroxylation is 1. The van der Waals surface area contributed by atoms with Crippen LogP contribution in [0.15, 0.2) is 36.4 Å². The van der Waals surface area contributed by atoms with Crippen LogP contribution in [-0.2, 0) is 15.8 Å². The standard InChI is InChI=1S/C25H27F7N2O5S2/c1-6-41(37,38)39-18-9-7-8-16(19(18)20(33)35)21(36)34(22(3,4)13-40-5)17-11-10-15(12-14(17)2)23(26,24(27,28)29)25(30,31)32/h7-12H,6,13H2,1-5H3,(H2,33,35). The van der Waals surface area contributed by atoms with Crippen LogP contribution in [0, 0.1) is 6.92 Å². The van der Waals surface area contributed by atoms with Gasteiger partial charge in [-0.1, -0.05) is 18.2 Å². The number of primary amides is 1. The van der Waals surface area contributed by atoms with Crippen molar-refractivity contribution >= 4 is 39.4 Å². The van der Waals surface area contributed by atoms with Gasteiger partial charge in [-0.05, 0) is 57.7 Å². The van der Waals surface area contributed by atoms with Gasteiger partial charge in [0.1, 0.15) is 0 Å². The van der Waals surface area contributed by atoms with Gasteiger partial charge in [-0.15, -0.1) is 0 Å². The van der Waals surface area contributed by atoms with E-state index in [1.54, 1.807) is 6.26 Å². The van der Waals surface area contributed by atoms with Gasteiger partial charge in [0.15, 0.2) is 5.75 Å². The zero-order chi connectivity index (χ0) is 31.8. The van der Waals surface area contributed by atoms with Gasteiger partial charge in [-0.2, -0.15) is 46.5 Å². The number of amides is 2. The number of rotatable bonds is 10. The van der Waals surface area contributed by atoms with E-state index in [1.165, 1.54) is 38.6 Å². The molecule has 0 aliphatic rings. The van der Waals surface area contributed by atoms with Gasteiger partial charge in [-0.25, -0.2) is 4.39 Å². The molecule has 2 aromatic rings. The van der Waals surface area contributed by atoms with E-state index < -0.39 is 73.7 Å². The van der Waals surface area contributed by atoms with Gasteiger partial charge < -0.3 is 14.8 Å². The van der Waals surface area contributed by atoms with Gasteiger partial charge in [0.25, 0.3) is 11.8 Å². The van der Waals surface area contributed by atoms with Crippen molar-refractivity contribution < 1.29 is 52.9 Å². The van der Waals surface area contributed by atoms with Crippen molar-refractivity contribution in [2.75, 3.05) is 22.7 Å². The number of carbonyl (C=O) groups excluding carboxylic acids is 2. The quantitative estimate of drug-likeness (QED) is 0.258. The molecule has 0 aromatic heterocycles. The Morgan fingerprint density at radius 3 is 2.00 bits per heavy atom. The highest BCUT2D eigenvalue weighted by molar-refractivity contribution is 7.98. The molecule has 2 N–H and O–H groups in total. The second kappa shape index (κ2) is 11.7. The molecule has 2 aromatic carbocycles. The molecule has 0 unspecified atom stereocenters. The van der Waals surface area contributed by atoms with Crippen molar-refractivity contribution in [3.63, 3.8) is 0 Å². The topological polar surface area (TPSA) is 107 Å². The number of anilines is 1. The highest BCUT2D eigenvalue weighted by Crippen LogP contribution is 2.53. The van der Waals surface area contributed by atoms with Crippen LogP contribution in [0.25, 0.3) is 0 Å². The smallest absolute Gasteiger partial charge is 0.382 e. The van der Waals surface area contributed by atoms with Gasteiger partial charge in [-0.3, -0.25) is 9.59 Å². The SMILES string of the molecule is CCS(=O)(=O)Oc1cccc(C(=O)N(c2ccc(C(F)(C(F)(F)F)C(F)(F)F)cc2C)C(C)(C)CSC)c1C(N)=O. The highest BCUT2D eigenvalue weighted by atomic mass is 32.2. The number of alkyl halides is 7. The molecule has 0 bridgehead atoms. The average Bonchev–Trinajstić information content (AvgIpc) is 2.82. The molecule has 228 valence electrons. The zero-order valence-corrected chi connectivity index (χ0v) is 24.0. The lowest BCUT2D eigenvalue weighted by Crippen LogP contribution is -2.51. The summed E-state index contributed by atoms with van der Waals surface area (Å²) in [5.41, 5.74) is -4.80. The second-order valence-corrected chi connectivity index (χ2v) is 12.2. The van der Waals surface area contributed by atoms with Crippen molar-refractivity contribution in [2.24, 2.45) is 5.73 Å². The summed E-state index contributed by atoms with van der Waals surface area (Å²) in [6.45, 7) is 5.41. The molecule has 0 aliphatic heterocycles. The van der Waals surface area contributed by atoms with E-state index in [0.29, 0.717) is 6.07 Å². The van der Waals surface area contributed by atoms with Gasteiger partial charge in [0.05, 0.1) is 22.4 Å². The maximum atomic E-state index is 14.7. The molecule has 0 aliphatic carbocycles. The van der Waals surface area contributed by atoms with Crippen LogP contribution >= 0.6 is 11.8 Å². The van der Waals surface area contributed by atoms with Crippen molar-refractivity contribution in [1.29, 1.82) is 0 Å². The Hall–Kier alpha value is -3.01. The number of halogens is 7. The van der Waals surface area contributed by atoms with Crippen LogP contribution in [0.1, 0.15) is 52.6 Å². The third-order valence-electron chi connectivity index (χ3n) is 6.00. The third-order valence-corrected chi connectivity index (χ3v) is 8.13. The number of nitrogens with two attached hydrogens (primary N) is 1. The molecule has 0 heterocycles. The Balaban J connectivity index is 2.85. The average molecular weight is 633 g/mol. The first-order valence-electron chi connectivity index (χ1n) is 11.7. The normalized spacial score (nSPS) is 13.2. The maximum absolute atomic E-state index is 14.7. The molecule has 2 rings (SSSR count). The molecule has 0 saturated heterocycles. The van der Waals surface area contributed by atoms with E-state index in [0.717, 1.165) is 30.0 Å². The largest absolute Gasteiger partial charge is 0.435 e. The van der Waals surface area contributed by atoms with Crippen molar-refractivity contribution in [1.82, 2.24) is 0 Å². The lowest BCUT2D eigenvalue weighted by molar-refractivity contribution is -0.348. The first kappa shape index (κ1) is 34.2. The molecule has 0 saturated carbocycles.